The maximum Gasteiger partial charge on any atom is 0.385 e. The second-order valence-electron chi connectivity index (χ2n) is 11.1. The SMILES string of the molecule is CCCCCCCCCCCCCCC/C=C\CCCCCOP(=O)(O)C(CCC)[N+](C)(C)C. The van der Waals surface area contributed by atoms with Crippen molar-refractivity contribution in [2.45, 2.75) is 148 Å². The maximum absolute atomic E-state index is 12.7. The van der Waals surface area contributed by atoms with Gasteiger partial charge in [0, 0.05) is 6.42 Å². The summed E-state index contributed by atoms with van der Waals surface area (Å²) in [6.07, 6.45) is 29.9. The Hall–Kier alpha value is -0.150. The first-order valence-corrected chi connectivity index (χ1v) is 16.3. The number of hydrogen-bond acceptors (Lipinski definition) is 2. The predicted molar refractivity (Wildman–Crippen MR) is 150 cm³/mol. The molecule has 204 valence electrons. The molecule has 0 saturated carbocycles. The molecular formula is C29H61NO3P+. The van der Waals surface area contributed by atoms with Gasteiger partial charge in [0.1, 0.15) is 0 Å². The van der Waals surface area contributed by atoms with E-state index in [1.165, 1.54) is 89.9 Å². The lowest BCUT2D eigenvalue weighted by Crippen LogP contribution is -2.45. The third-order valence-electron chi connectivity index (χ3n) is 6.75. The van der Waals surface area contributed by atoms with Crippen LogP contribution in [0.5, 0.6) is 0 Å². The number of rotatable bonds is 25. The highest BCUT2D eigenvalue weighted by atomic mass is 31.2. The van der Waals surface area contributed by atoms with Crippen molar-refractivity contribution in [3.05, 3.63) is 12.2 Å². The van der Waals surface area contributed by atoms with Crippen LogP contribution < -0.4 is 0 Å². The first-order valence-electron chi connectivity index (χ1n) is 14.7. The van der Waals surface area contributed by atoms with E-state index in [1.807, 2.05) is 21.1 Å². The van der Waals surface area contributed by atoms with Gasteiger partial charge in [-0.3, -0.25) is 4.57 Å². The van der Waals surface area contributed by atoms with Gasteiger partial charge in [0.25, 0.3) is 0 Å². The molecule has 0 radical (unpaired) electrons. The monoisotopic (exact) mass is 502 g/mol. The minimum atomic E-state index is -3.58. The Labute approximate surface area is 214 Å². The second-order valence-corrected chi connectivity index (χ2v) is 13.1. The summed E-state index contributed by atoms with van der Waals surface area (Å²) in [4.78, 5) is 10.4. The number of unbranched alkanes of at least 4 members (excludes halogenated alkanes) is 16. The molecule has 34 heavy (non-hydrogen) atoms. The molecule has 0 aromatic carbocycles. The van der Waals surface area contributed by atoms with E-state index in [4.69, 9.17) is 4.52 Å². The number of allylic oxidation sites excluding steroid dienone is 2. The normalized spacial score (nSPS) is 15.1. The van der Waals surface area contributed by atoms with Crippen LogP contribution in [0.4, 0.5) is 0 Å². The van der Waals surface area contributed by atoms with Crippen molar-refractivity contribution in [3.8, 4) is 0 Å². The van der Waals surface area contributed by atoms with Gasteiger partial charge in [-0.1, -0.05) is 109 Å². The topological polar surface area (TPSA) is 46.5 Å². The van der Waals surface area contributed by atoms with Gasteiger partial charge < -0.3 is 13.9 Å². The van der Waals surface area contributed by atoms with E-state index in [1.54, 1.807) is 0 Å². The Kier molecular flexibility index (Phi) is 22.0. The zero-order chi connectivity index (χ0) is 25.5. The predicted octanol–water partition coefficient (Wildman–Crippen LogP) is 9.62. The summed E-state index contributed by atoms with van der Waals surface area (Å²) in [5.74, 6) is -0.342. The summed E-state index contributed by atoms with van der Waals surface area (Å²) in [6, 6.07) is 0. The van der Waals surface area contributed by atoms with Crippen LogP contribution in [-0.4, -0.2) is 42.9 Å². The minimum Gasteiger partial charge on any atom is -0.320 e. The first kappa shape index (κ1) is 33.8. The second kappa shape index (κ2) is 22.1. The van der Waals surface area contributed by atoms with Crippen LogP contribution in [-0.2, 0) is 9.09 Å². The Bertz CT molecular complexity index is 516. The molecule has 1 N–H and O–H groups in total. The molecule has 0 heterocycles. The maximum atomic E-state index is 12.7. The van der Waals surface area contributed by atoms with Gasteiger partial charge in [-0.15, -0.1) is 0 Å². The smallest absolute Gasteiger partial charge is 0.320 e. The number of quaternary nitrogens is 1. The summed E-state index contributed by atoms with van der Waals surface area (Å²) >= 11 is 0. The van der Waals surface area contributed by atoms with Crippen molar-refractivity contribution < 1.29 is 18.5 Å². The zero-order valence-corrected chi connectivity index (χ0v) is 24.6. The summed E-state index contributed by atoms with van der Waals surface area (Å²) in [5, 5.41) is 0. The van der Waals surface area contributed by atoms with Crippen LogP contribution in [0.15, 0.2) is 12.2 Å². The fourth-order valence-electron chi connectivity index (χ4n) is 4.58. The van der Waals surface area contributed by atoms with E-state index >= 15 is 0 Å². The van der Waals surface area contributed by atoms with E-state index in [0.717, 1.165) is 32.1 Å². The lowest BCUT2D eigenvalue weighted by atomic mass is 10.0. The van der Waals surface area contributed by atoms with Gasteiger partial charge in [0.05, 0.1) is 27.7 Å². The molecule has 0 rings (SSSR count). The Morgan fingerprint density at radius 1 is 0.676 bits per heavy atom. The molecule has 2 unspecified atom stereocenters. The molecule has 0 aliphatic rings. The Morgan fingerprint density at radius 3 is 1.50 bits per heavy atom. The van der Waals surface area contributed by atoms with Gasteiger partial charge in [-0.2, -0.15) is 0 Å². The van der Waals surface area contributed by atoms with Crippen LogP contribution in [0.2, 0.25) is 0 Å². The van der Waals surface area contributed by atoms with E-state index in [-0.39, 0.29) is 5.78 Å². The largest absolute Gasteiger partial charge is 0.385 e. The molecule has 5 heteroatoms. The summed E-state index contributed by atoms with van der Waals surface area (Å²) in [5.41, 5.74) is 0. The third kappa shape index (κ3) is 20.1. The molecule has 0 spiro atoms. The van der Waals surface area contributed by atoms with E-state index in [0.29, 0.717) is 17.5 Å². The average Bonchev–Trinajstić information content (AvgIpc) is 2.77. The molecule has 0 saturated heterocycles. The molecule has 0 aromatic rings. The summed E-state index contributed by atoms with van der Waals surface area (Å²) in [6.45, 7) is 4.72. The van der Waals surface area contributed by atoms with Gasteiger partial charge in [-0.25, -0.2) is 0 Å². The van der Waals surface area contributed by atoms with Crippen LogP contribution in [0.3, 0.4) is 0 Å². The molecular weight excluding hydrogens is 441 g/mol. The van der Waals surface area contributed by atoms with Crippen LogP contribution >= 0.6 is 7.60 Å². The lowest BCUT2D eigenvalue weighted by Gasteiger charge is -2.35. The minimum absolute atomic E-state index is 0.342. The van der Waals surface area contributed by atoms with Crippen molar-refractivity contribution in [2.24, 2.45) is 0 Å². The molecule has 0 aliphatic heterocycles. The van der Waals surface area contributed by atoms with Crippen LogP contribution in [0.25, 0.3) is 0 Å². The zero-order valence-electron chi connectivity index (χ0n) is 23.7. The molecule has 0 fully saturated rings. The molecule has 2 atom stereocenters. The summed E-state index contributed by atoms with van der Waals surface area (Å²) in [7, 11) is 2.33. The highest BCUT2D eigenvalue weighted by Gasteiger charge is 2.41. The molecule has 0 aliphatic carbocycles. The van der Waals surface area contributed by atoms with Crippen molar-refractivity contribution in [2.75, 3.05) is 27.7 Å². The standard InChI is InChI=1S/C29H60NO3P/c1-6-8-9-10-11-12-13-14-15-16-17-18-19-20-21-22-23-24-25-26-28-33-34(31,32)29(27-7-2)30(3,4)5/h21-22,29H,6-20,23-28H2,1-5H3/p+1/b22-21-. The fraction of sp³-hybridized carbons (Fsp3) is 0.931. The highest BCUT2D eigenvalue weighted by Crippen LogP contribution is 2.51. The Balaban J connectivity index is 3.51. The van der Waals surface area contributed by atoms with Crippen molar-refractivity contribution in [3.63, 3.8) is 0 Å². The number of hydrogen-bond donors (Lipinski definition) is 1. The molecule has 0 amide bonds. The Morgan fingerprint density at radius 2 is 1.09 bits per heavy atom. The van der Waals surface area contributed by atoms with Gasteiger partial charge in [0.2, 0.25) is 0 Å². The van der Waals surface area contributed by atoms with Crippen molar-refractivity contribution in [1.82, 2.24) is 0 Å². The van der Waals surface area contributed by atoms with Crippen molar-refractivity contribution >= 4 is 7.60 Å². The third-order valence-corrected chi connectivity index (χ3v) is 9.01. The van der Waals surface area contributed by atoms with Gasteiger partial charge in [-0.05, 0) is 38.5 Å². The summed E-state index contributed by atoms with van der Waals surface area (Å²) < 4.78 is 18.6. The van der Waals surface area contributed by atoms with E-state index in [9.17, 15) is 9.46 Å². The van der Waals surface area contributed by atoms with Gasteiger partial charge in [0.15, 0.2) is 5.78 Å². The van der Waals surface area contributed by atoms with Crippen molar-refractivity contribution in [1.29, 1.82) is 0 Å². The lowest BCUT2D eigenvalue weighted by molar-refractivity contribution is -0.883. The van der Waals surface area contributed by atoms with Crippen LogP contribution in [0, 0.1) is 0 Å². The molecule has 4 nitrogen and oxygen atoms in total. The highest BCUT2D eigenvalue weighted by molar-refractivity contribution is 7.53. The quantitative estimate of drug-likeness (QED) is 0.0585. The first-order chi connectivity index (χ1) is 16.3. The molecule has 0 aromatic heterocycles. The average molecular weight is 503 g/mol. The van der Waals surface area contributed by atoms with Gasteiger partial charge >= 0.3 is 7.60 Å². The van der Waals surface area contributed by atoms with E-state index in [2.05, 4.69) is 26.0 Å². The van der Waals surface area contributed by atoms with E-state index < -0.39 is 7.60 Å². The molecule has 0 bridgehead atoms. The number of nitrogens with zero attached hydrogens (tertiary/aromatic N) is 1. The fourth-order valence-corrected chi connectivity index (χ4v) is 6.61. The van der Waals surface area contributed by atoms with Crippen LogP contribution in [0.1, 0.15) is 142 Å².